The van der Waals surface area contributed by atoms with Gasteiger partial charge in [0.05, 0.1) is 21.6 Å². The molecule has 1 fully saturated rings. The van der Waals surface area contributed by atoms with E-state index in [9.17, 15) is 0 Å². The molecule has 1 aromatic carbocycles. The monoisotopic (exact) mass is 261 g/mol. The van der Waals surface area contributed by atoms with E-state index in [1.54, 1.807) is 11.3 Å². The van der Waals surface area contributed by atoms with E-state index in [0.717, 1.165) is 17.7 Å². The fourth-order valence-electron chi connectivity index (χ4n) is 2.98. The van der Waals surface area contributed by atoms with Crippen molar-refractivity contribution in [3.8, 4) is 0 Å². The Morgan fingerprint density at radius 1 is 1.44 bits per heavy atom. The second kappa shape index (κ2) is 4.43. The Labute approximate surface area is 112 Å². The highest BCUT2D eigenvalue weighted by atomic mass is 32.1. The van der Waals surface area contributed by atoms with Gasteiger partial charge in [-0.15, -0.1) is 11.3 Å². The van der Waals surface area contributed by atoms with Crippen LogP contribution in [0.4, 0.5) is 11.4 Å². The molecule has 0 radical (unpaired) electrons. The zero-order valence-corrected chi connectivity index (χ0v) is 11.7. The summed E-state index contributed by atoms with van der Waals surface area (Å²) in [6, 6.07) is 4.92. The molecular weight excluding hydrogens is 242 g/mol. The molecule has 18 heavy (non-hydrogen) atoms. The minimum Gasteiger partial charge on any atom is -0.395 e. The lowest BCUT2D eigenvalue weighted by Gasteiger charge is -2.30. The van der Waals surface area contributed by atoms with Crippen molar-refractivity contribution in [1.82, 2.24) is 4.98 Å². The van der Waals surface area contributed by atoms with Gasteiger partial charge in [0.25, 0.3) is 0 Å². The molecule has 2 heterocycles. The molecule has 1 unspecified atom stereocenters. The van der Waals surface area contributed by atoms with Gasteiger partial charge >= 0.3 is 0 Å². The van der Waals surface area contributed by atoms with Crippen molar-refractivity contribution < 1.29 is 0 Å². The number of aromatic nitrogens is 1. The van der Waals surface area contributed by atoms with Gasteiger partial charge < -0.3 is 10.6 Å². The maximum Gasteiger partial charge on any atom is 0.106 e. The molecule has 0 amide bonds. The summed E-state index contributed by atoms with van der Waals surface area (Å²) in [6.07, 6.45) is 2.53. The molecule has 3 rings (SSSR count). The Morgan fingerprint density at radius 2 is 2.28 bits per heavy atom. The number of nitrogen functional groups attached to an aromatic ring is 1. The van der Waals surface area contributed by atoms with Crippen molar-refractivity contribution in [2.24, 2.45) is 5.92 Å². The summed E-state index contributed by atoms with van der Waals surface area (Å²) >= 11 is 1.65. The molecule has 4 heteroatoms. The zero-order chi connectivity index (χ0) is 12.7. The fraction of sp³-hybridized carbons (Fsp3) is 0.500. The molecule has 0 saturated carbocycles. The van der Waals surface area contributed by atoms with Crippen LogP contribution in [0.15, 0.2) is 17.6 Å². The number of hydrogen-bond acceptors (Lipinski definition) is 4. The van der Waals surface area contributed by atoms with E-state index >= 15 is 0 Å². The van der Waals surface area contributed by atoms with Crippen LogP contribution in [0, 0.1) is 5.92 Å². The SMILES string of the molecule is CC(C)C1CCCN1c1ccc2scnc2c1N. The molecule has 0 bridgehead atoms. The Bertz CT molecular complexity index is 561. The molecule has 96 valence electrons. The Balaban J connectivity index is 2.05. The maximum absolute atomic E-state index is 6.31. The van der Waals surface area contributed by atoms with E-state index in [0.29, 0.717) is 12.0 Å². The van der Waals surface area contributed by atoms with Crippen molar-refractivity contribution in [3.63, 3.8) is 0 Å². The predicted molar refractivity (Wildman–Crippen MR) is 79.2 cm³/mol. The topological polar surface area (TPSA) is 42.2 Å². The molecular formula is C14H19N3S. The fourth-order valence-corrected chi connectivity index (χ4v) is 3.67. The van der Waals surface area contributed by atoms with Gasteiger partial charge in [-0.25, -0.2) is 4.98 Å². The first-order valence-corrected chi connectivity index (χ1v) is 7.44. The van der Waals surface area contributed by atoms with Crippen LogP contribution in [-0.4, -0.2) is 17.6 Å². The number of thiazole rings is 1. The van der Waals surface area contributed by atoms with Crippen LogP contribution in [-0.2, 0) is 0 Å². The molecule has 3 nitrogen and oxygen atoms in total. The number of hydrogen-bond donors (Lipinski definition) is 1. The summed E-state index contributed by atoms with van der Waals surface area (Å²) in [4.78, 5) is 6.86. The lowest BCUT2D eigenvalue weighted by atomic mass is 10.0. The van der Waals surface area contributed by atoms with Crippen molar-refractivity contribution in [1.29, 1.82) is 0 Å². The first-order chi connectivity index (χ1) is 8.68. The molecule has 1 atom stereocenters. The van der Waals surface area contributed by atoms with Crippen LogP contribution >= 0.6 is 11.3 Å². The van der Waals surface area contributed by atoms with Crippen LogP contribution in [0.5, 0.6) is 0 Å². The molecule has 1 aromatic heterocycles. The third kappa shape index (κ3) is 1.75. The quantitative estimate of drug-likeness (QED) is 0.841. The minimum absolute atomic E-state index is 0.614. The summed E-state index contributed by atoms with van der Waals surface area (Å²) < 4.78 is 1.18. The van der Waals surface area contributed by atoms with E-state index in [-0.39, 0.29) is 0 Å². The van der Waals surface area contributed by atoms with Gasteiger partial charge in [0.2, 0.25) is 0 Å². The third-order valence-corrected chi connectivity index (χ3v) is 4.69. The molecule has 2 aromatic rings. The number of nitrogens with zero attached hydrogens (tertiary/aromatic N) is 2. The standard InChI is InChI=1S/C14H19N3S/c1-9(2)10-4-3-7-17(10)11-5-6-12-14(13(11)15)16-8-18-12/h5-6,8-10H,3-4,7,15H2,1-2H3. The van der Waals surface area contributed by atoms with E-state index in [2.05, 4.69) is 35.9 Å². The van der Waals surface area contributed by atoms with Gasteiger partial charge in [0.1, 0.15) is 5.52 Å². The molecule has 2 N–H and O–H groups in total. The smallest absolute Gasteiger partial charge is 0.106 e. The van der Waals surface area contributed by atoms with Gasteiger partial charge in [-0.2, -0.15) is 0 Å². The van der Waals surface area contributed by atoms with Crippen LogP contribution in [0.2, 0.25) is 0 Å². The molecule has 1 aliphatic rings. The summed E-state index contributed by atoms with van der Waals surface area (Å²) in [6.45, 7) is 5.70. The van der Waals surface area contributed by atoms with Crippen molar-refractivity contribution >= 4 is 32.9 Å². The zero-order valence-electron chi connectivity index (χ0n) is 10.9. The Morgan fingerprint density at radius 3 is 3.06 bits per heavy atom. The highest BCUT2D eigenvalue weighted by molar-refractivity contribution is 7.16. The van der Waals surface area contributed by atoms with Gasteiger partial charge in [0, 0.05) is 12.6 Å². The second-order valence-electron chi connectivity index (χ2n) is 5.34. The van der Waals surface area contributed by atoms with E-state index in [1.165, 1.54) is 23.2 Å². The first kappa shape index (κ1) is 11.8. The van der Waals surface area contributed by atoms with Crippen molar-refractivity contribution in [2.75, 3.05) is 17.2 Å². The van der Waals surface area contributed by atoms with Crippen LogP contribution in [0.3, 0.4) is 0 Å². The van der Waals surface area contributed by atoms with Gasteiger partial charge in [-0.3, -0.25) is 0 Å². The average Bonchev–Trinajstić information content (AvgIpc) is 2.97. The van der Waals surface area contributed by atoms with E-state index in [1.807, 2.05) is 5.51 Å². The highest BCUT2D eigenvalue weighted by Gasteiger charge is 2.28. The molecule has 1 aliphatic heterocycles. The van der Waals surface area contributed by atoms with Crippen molar-refractivity contribution in [2.45, 2.75) is 32.7 Å². The minimum atomic E-state index is 0.614. The van der Waals surface area contributed by atoms with Crippen LogP contribution in [0.25, 0.3) is 10.2 Å². The number of benzene rings is 1. The largest absolute Gasteiger partial charge is 0.395 e. The molecule has 0 aliphatic carbocycles. The summed E-state index contributed by atoms with van der Waals surface area (Å²) in [5.41, 5.74) is 11.2. The third-order valence-electron chi connectivity index (χ3n) is 3.90. The van der Waals surface area contributed by atoms with Gasteiger partial charge in [-0.1, -0.05) is 13.8 Å². The van der Waals surface area contributed by atoms with Crippen LogP contribution < -0.4 is 10.6 Å². The van der Waals surface area contributed by atoms with Gasteiger partial charge in [0.15, 0.2) is 0 Å². The number of fused-ring (bicyclic) bond motifs is 1. The molecule has 1 saturated heterocycles. The van der Waals surface area contributed by atoms with E-state index in [4.69, 9.17) is 5.73 Å². The summed E-state index contributed by atoms with van der Waals surface area (Å²) in [7, 11) is 0. The molecule has 0 spiro atoms. The predicted octanol–water partition coefficient (Wildman–Crippen LogP) is 3.50. The number of anilines is 2. The van der Waals surface area contributed by atoms with Crippen molar-refractivity contribution in [3.05, 3.63) is 17.6 Å². The number of nitrogens with two attached hydrogens (primary N) is 1. The Hall–Kier alpha value is -1.29. The van der Waals surface area contributed by atoms with Gasteiger partial charge in [-0.05, 0) is 30.9 Å². The summed E-state index contributed by atoms with van der Waals surface area (Å²) in [5, 5.41) is 0. The highest BCUT2D eigenvalue weighted by Crippen LogP contribution is 2.37. The summed E-state index contributed by atoms with van der Waals surface area (Å²) in [5.74, 6) is 0.665. The number of rotatable bonds is 2. The average molecular weight is 261 g/mol. The van der Waals surface area contributed by atoms with E-state index < -0.39 is 0 Å². The Kier molecular flexibility index (Phi) is 2.90. The second-order valence-corrected chi connectivity index (χ2v) is 6.23. The lowest BCUT2D eigenvalue weighted by Crippen LogP contribution is -2.33. The normalized spacial score (nSPS) is 20.2. The lowest BCUT2D eigenvalue weighted by molar-refractivity contribution is 0.492. The maximum atomic E-state index is 6.31. The first-order valence-electron chi connectivity index (χ1n) is 6.57. The van der Waals surface area contributed by atoms with Crippen LogP contribution in [0.1, 0.15) is 26.7 Å².